The number of rotatable bonds is 5. The molecule has 26 heavy (non-hydrogen) atoms. The summed E-state index contributed by atoms with van der Waals surface area (Å²) < 4.78 is 8.57. The van der Waals surface area contributed by atoms with Gasteiger partial charge in [-0.05, 0) is 50.5 Å². The summed E-state index contributed by atoms with van der Waals surface area (Å²) in [4.78, 5) is 28.6. The topological polar surface area (TPSA) is 78.5 Å². The smallest absolute Gasteiger partial charge is 0.306 e. The van der Waals surface area contributed by atoms with Gasteiger partial charge in [0, 0.05) is 31.4 Å². The quantitative estimate of drug-likeness (QED) is 0.655. The number of nitrogens with zero attached hydrogens (tertiary/aromatic N) is 4. The first-order valence-electron chi connectivity index (χ1n) is 8.49. The number of carbonyl (C=O) groups excluding carboxylic acids is 1. The van der Waals surface area contributed by atoms with Crippen LogP contribution in [-0.2, 0) is 29.6 Å². The van der Waals surface area contributed by atoms with Crippen molar-refractivity contribution in [3.63, 3.8) is 0 Å². The van der Waals surface area contributed by atoms with Crippen molar-refractivity contribution in [2.24, 2.45) is 7.05 Å². The lowest BCUT2D eigenvalue weighted by molar-refractivity contribution is -0.145. The summed E-state index contributed by atoms with van der Waals surface area (Å²) in [6.45, 7) is 5.84. The first kappa shape index (κ1) is 17.8. The van der Waals surface area contributed by atoms with Gasteiger partial charge in [-0.25, -0.2) is 4.98 Å². The van der Waals surface area contributed by atoms with Crippen LogP contribution in [0.5, 0.6) is 0 Å². The van der Waals surface area contributed by atoms with Crippen molar-refractivity contribution < 1.29 is 9.53 Å². The second-order valence-corrected chi connectivity index (χ2v) is 6.45. The highest BCUT2D eigenvalue weighted by atomic mass is 16.5. The lowest BCUT2D eigenvalue weighted by Crippen LogP contribution is -2.16. The van der Waals surface area contributed by atoms with Crippen molar-refractivity contribution in [1.29, 1.82) is 0 Å². The fourth-order valence-electron chi connectivity index (χ4n) is 2.96. The maximum Gasteiger partial charge on any atom is 0.306 e. The number of hydrogen-bond donors (Lipinski definition) is 0. The van der Waals surface area contributed by atoms with Crippen LogP contribution in [0.1, 0.15) is 34.6 Å². The standard InChI is InChI=1S/C19H22N4O3/c1-12-7-8-23-17(9-12)20-15(10-18(23)24)11-26-19(25)6-5-16-13(2)21-22(4)14(16)3/h7-10H,5-6,11H2,1-4H3. The Balaban J connectivity index is 1.64. The maximum absolute atomic E-state index is 12.1. The number of pyridine rings is 1. The van der Waals surface area contributed by atoms with E-state index >= 15 is 0 Å². The zero-order valence-corrected chi connectivity index (χ0v) is 15.4. The van der Waals surface area contributed by atoms with Gasteiger partial charge in [0.15, 0.2) is 0 Å². The predicted octanol–water partition coefficient (Wildman–Crippen LogP) is 2.03. The molecule has 0 aromatic carbocycles. The van der Waals surface area contributed by atoms with E-state index in [1.807, 2.05) is 44.6 Å². The van der Waals surface area contributed by atoms with Crippen LogP contribution in [-0.4, -0.2) is 25.1 Å². The summed E-state index contributed by atoms with van der Waals surface area (Å²) in [5.41, 5.74) is 4.86. The van der Waals surface area contributed by atoms with E-state index in [0.29, 0.717) is 17.8 Å². The van der Waals surface area contributed by atoms with Crippen LogP contribution in [0.4, 0.5) is 0 Å². The van der Waals surface area contributed by atoms with Crippen molar-refractivity contribution in [2.75, 3.05) is 0 Å². The van der Waals surface area contributed by atoms with Crippen LogP contribution in [0, 0.1) is 20.8 Å². The number of carbonyl (C=O) groups is 1. The summed E-state index contributed by atoms with van der Waals surface area (Å²) in [7, 11) is 1.88. The summed E-state index contributed by atoms with van der Waals surface area (Å²) in [5, 5.41) is 4.35. The first-order chi connectivity index (χ1) is 12.3. The molecule has 0 unspecified atom stereocenters. The number of ether oxygens (including phenoxy) is 1. The molecular formula is C19H22N4O3. The molecular weight excluding hydrogens is 332 g/mol. The molecule has 3 aromatic heterocycles. The normalized spacial score (nSPS) is 11.1. The third-order valence-corrected chi connectivity index (χ3v) is 4.49. The first-order valence-corrected chi connectivity index (χ1v) is 8.49. The molecule has 0 N–H and O–H groups in total. The van der Waals surface area contributed by atoms with Gasteiger partial charge in [-0.3, -0.25) is 18.7 Å². The van der Waals surface area contributed by atoms with E-state index in [9.17, 15) is 9.59 Å². The summed E-state index contributed by atoms with van der Waals surface area (Å²) >= 11 is 0. The lowest BCUT2D eigenvalue weighted by atomic mass is 10.1. The van der Waals surface area contributed by atoms with Gasteiger partial charge in [-0.15, -0.1) is 0 Å². The van der Waals surface area contributed by atoms with Crippen molar-refractivity contribution in [3.8, 4) is 0 Å². The van der Waals surface area contributed by atoms with E-state index in [1.54, 1.807) is 6.20 Å². The van der Waals surface area contributed by atoms with Gasteiger partial charge in [0.05, 0.1) is 11.4 Å². The molecule has 3 aromatic rings. The van der Waals surface area contributed by atoms with Crippen LogP contribution in [0.25, 0.3) is 5.65 Å². The number of hydrogen-bond acceptors (Lipinski definition) is 5. The van der Waals surface area contributed by atoms with Crippen molar-refractivity contribution >= 4 is 11.6 Å². The monoisotopic (exact) mass is 354 g/mol. The lowest BCUT2D eigenvalue weighted by Gasteiger charge is -2.07. The molecule has 0 fully saturated rings. The molecule has 0 saturated heterocycles. The molecule has 0 radical (unpaired) electrons. The summed E-state index contributed by atoms with van der Waals surface area (Å²) in [5.74, 6) is -0.320. The molecule has 3 heterocycles. The van der Waals surface area contributed by atoms with Crippen molar-refractivity contribution in [1.82, 2.24) is 19.2 Å². The van der Waals surface area contributed by atoms with Crippen LogP contribution in [0.3, 0.4) is 0 Å². The molecule has 0 amide bonds. The minimum Gasteiger partial charge on any atom is -0.459 e. The van der Waals surface area contributed by atoms with E-state index in [0.717, 1.165) is 22.5 Å². The van der Waals surface area contributed by atoms with Gasteiger partial charge in [-0.1, -0.05) is 0 Å². The SMILES string of the molecule is Cc1ccn2c(=O)cc(COC(=O)CCc3c(C)nn(C)c3C)nc2c1. The van der Waals surface area contributed by atoms with Gasteiger partial charge in [0.2, 0.25) is 0 Å². The average Bonchev–Trinajstić information content (AvgIpc) is 2.83. The summed E-state index contributed by atoms with van der Waals surface area (Å²) in [6, 6.07) is 5.06. The molecule has 0 saturated carbocycles. The van der Waals surface area contributed by atoms with Gasteiger partial charge in [0.1, 0.15) is 12.3 Å². The third kappa shape index (κ3) is 3.66. The molecule has 7 nitrogen and oxygen atoms in total. The van der Waals surface area contributed by atoms with Gasteiger partial charge < -0.3 is 4.74 Å². The Morgan fingerprint density at radius 2 is 2.00 bits per heavy atom. The average molecular weight is 354 g/mol. The Morgan fingerprint density at radius 3 is 2.69 bits per heavy atom. The van der Waals surface area contributed by atoms with Crippen LogP contribution >= 0.6 is 0 Å². The predicted molar refractivity (Wildman–Crippen MR) is 97.0 cm³/mol. The largest absolute Gasteiger partial charge is 0.459 e. The Bertz CT molecular complexity index is 1030. The van der Waals surface area contributed by atoms with E-state index < -0.39 is 0 Å². The Hall–Kier alpha value is -2.96. The van der Waals surface area contributed by atoms with E-state index in [1.165, 1.54) is 10.5 Å². The number of esters is 1. The van der Waals surface area contributed by atoms with E-state index in [4.69, 9.17) is 4.74 Å². The molecule has 0 atom stereocenters. The molecule has 136 valence electrons. The molecule has 0 aliphatic carbocycles. The highest BCUT2D eigenvalue weighted by Gasteiger charge is 2.12. The van der Waals surface area contributed by atoms with E-state index in [2.05, 4.69) is 10.1 Å². The van der Waals surface area contributed by atoms with Gasteiger partial charge >= 0.3 is 5.97 Å². The van der Waals surface area contributed by atoms with Gasteiger partial charge in [-0.2, -0.15) is 5.10 Å². The number of aryl methyl sites for hydroxylation is 3. The minimum absolute atomic E-state index is 0.0104. The van der Waals surface area contributed by atoms with Crippen LogP contribution in [0.2, 0.25) is 0 Å². The summed E-state index contributed by atoms with van der Waals surface area (Å²) in [6.07, 6.45) is 2.53. The number of fused-ring (bicyclic) bond motifs is 1. The molecule has 0 aliphatic heterocycles. The zero-order chi connectivity index (χ0) is 18.8. The Kier molecular flexibility index (Phi) is 4.88. The second kappa shape index (κ2) is 7.11. The fourth-order valence-corrected chi connectivity index (χ4v) is 2.96. The van der Waals surface area contributed by atoms with Crippen LogP contribution < -0.4 is 5.56 Å². The maximum atomic E-state index is 12.1. The fraction of sp³-hybridized carbons (Fsp3) is 0.368. The molecule has 0 spiro atoms. The zero-order valence-electron chi connectivity index (χ0n) is 15.4. The Labute approximate surface area is 151 Å². The minimum atomic E-state index is -0.320. The number of aromatic nitrogens is 4. The molecule has 3 rings (SSSR count). The second-order valence-electron chi connectivity index (χ2n) is 6.45. The molecule has 0 aliphatic rings. The third-order valence-electron chi connectivity index (χ3n) is 4.49. The van der Waals surface area contributed by atoms with E-state index in [-0.39, 0.29) is 24.6 Å². The van der Waals surface area contributed by atoms with Crippen molar-refractivity contribution in [2.45, 2.75) is 40.2 Å². The Morgan fingerprint density at radius 1 is 1.23 bits per heavy atom. The highest BCUT2D eigenvalue weighted by Crippen LogP contribution is 2.14. The molecule has 7 heteroatoms. The van der Waals surface area contributed by atoms with Crippen molar-refractivity contribution in [3.05, 3.63) is 63.0 Å². The van der Waals surface area contributed by atoms with Crippen LogP contribution in [0.15, 0.2) is 29.2 Å². The van der Waals surface area contributed by atoms with Gasteiger partial charge in [0.25, 0.3) is 5.56 Å². The molecule has 0 bridgehead atoms. The highest BCUT2D eigenvalue weighted by molar-refractivity contribution is 5.69.